The fraction of sp³-hybridized carbons (Fsp3) is 0.0889. The van der Waals surface area contributed by atoms with Gasteiger partial charge in [0.05, 0.1) is 22.7 Å². The summed E-state index contributed by atoms with van der Waals surface area (Å²) in [6, 6.07) is 49.4. The van der Waals surface area contributed by atoms with Crippen LogP contribution in [0.5, 0.6) is 11.5 Å². The Morgan fingerprint density at radius 1 is 0.531 bits per heavy atom. The summed E-state index contributed by atoms with van der Waals surface area (Å²) in [5, 5.41) is 10.0. The molecule has 2 heterocycles. The number of ether oxygens (including phenoxy) is 1. The van der Waals surface area contributed by atoms with Crippen LogP contribution in [0.3, 0.4) is 0 Å². The molecule has 4 heteroatoms. The molecule has 6 aromatic carbocycles. The smallest absolute Gasteiger partial charge is 0.132 e. The number of para-hydroxylation sites is 2. The molecule has 9 rings (SSSR count). The molecule has 0 bridgehead atoms. The molecule has 232 valence electrons. The summed E-state index contributed by atoms with van der Waals surface area (Å²) in [5.74, 6) is 2.44. The van der Waals surface area contributed by atoms with Gasteiger partial charge in [0.2, 0.25) is 0 Å². The third kappa shape index (κ3) is 4.29. The van der Waals surface area contributed by atoms with Crippen LogP contribution in [0.15, 0.2) is 133 Å². The quantitative estimate of drug-likeness (QED) is 0.195. The Kier molecular flexibility index (Phi) is 6.41. The summed E-state index contributed by atoms with van der Waals surface area (Å²) in [7, 11) is 0. The summed E-state index contributed by atoms with van der Waals surface area (Å²) in [5.41, 5.74) is 15.5. The van der Waals surface area contributed by atoms with Crippen LogP contribution in [0.25, 0.3) is 44.6 Å². The second-order valence-electron chi connectivity index (χ2n) is 13.0. The lowest BCUT2D eigenvalue weighted by Crippen LogP contribution is -2.32. The summed E-state index contributed by atoms with van der Waals surface area (Å²) in [4.78, 5) is 9.36. The molecule has 1 aliphatic heterocycles. The Balaban J connectivity index is 1.23. The number of aryl methyl sites for hydroxylation is 2. The van der Waals surface area contributed by atoms with Gasteiger partial charge in [-0.1, -0.05) is 91.0 Å². The second kappa shape index (κ2) is 10.9. The number of fused-ring (bicyclic) bond motifs is 9. The van der Waals surface area contributed by atoms with Crippen molar-refractivity contribution in [3.05, 3.63) is 178 Å². The number of nitriles is 1. The fourth-order valence-corrected chi connectivity index (χ4v) is 7.92. The lowest BCUT2D eigenvalue weighted by molar-refractivity contribution is 0.436. The van der Waals surface area contributed by atoms with Crippen molar-refractivity contribution in [1.29, 1.82) is 5.26 Å². The van der Waals surface area contributed by atoms with Crippen molar-refractivity contribution >= 4 is 0 Å². The highest BCUT2D eigenvalue weighted by Gasteiger charge is 2.51. The maximum Gasteiger partial charge on any atom is 0.132 e. The van der Waals surface area contributed by atoms with Crippen LogP contribution in [0, 0.1) is 32.1 Å². The first-order chi connectivity index (χ1) is 23.9. The zero-order valence-corrected chi connectivity index (χ0v) is 27.5. The number of benzene rings is 6. The molecule has 0 saturated carbocycles. The van der Waals surface area contributed by atoms with Gasteiger partial charge in [0.25, 0.3) is 0 Å². The fourth-order valence-electron chi connectivity index (χ4n) is 7.92. The number of hydrogen-bond donors (Lipinski definition) is 0. The topological polar surface area (TPSA) is 58.8 Å². The monoisotopic (exact) mass is 629 g/mol. The van der Waals surface area contributed by atoms with Gasteiger partial charge in [-0.05, 0) is 113 Å². The standard InChI is InChI=1S/C45H31N3O/c1-27-28(2)47-29(3)48-44(27)35-13-9-12-33(24-35)31-10-8-11-32(23-31)34-19-21-37-36-20-18-30(26-46)22-40(36)45(41(37)25-34)38-14-4-6-16-42(38)49-43-17-7-5-15-39(43)45/h4-25H,1-3H3. The zero-order chi connectivity index (χ0) is 33.3. The third-order valence-electron chi connectivity index (χ3n) is 10.2. The first-order valence-corrected chi connectivity index (χ1v) is 16.5. The van der Waals surface area contributed by atoms with E-state index in [1.54, 1.807) is 0 Å². The van der Waals surface area contributed by atoms with Crippen LogP contribution < -0.4 is 4.74 Å². The van der Waals surface area contributed by atoms with Crippen LogP contribution in [0.1, 0.15) is 44.9 Å². The Labute approximate surface area is 286 Å². The molecule has 0 atom stereocenters. The van der Waals surface area contributed by atoms with Crippen LogP contribution in [-0.4, -0.2) is 9.97 Å². The van der Waals surface area contributed by atoms with Crippen LogP contribution in [0.4, 0.5) is 0 Å². The maximum atomic E-state index is 10.0. The van der Waals surface area contributed by atoms with Crippen molar-refractivity contribution in [1.82, 2.24) is 9.97 Å². The average Bonchev–Trinajstić information content (AvgIpc) is 3.42. The van der Waals surface area contributed by atoms with Gasteiger partial charge in [-0.3, -0.25) is 0 Å². The van der Waals surface area contributed by atoms with Gasteiger partial charge < -0.3 is 4.74 Å². The van der Waals surface area contributed by atoms with Crippen molar-refractivity contribution in [2.75, 3.05) is 0 Å². The molecule has 0 amide bonds. The van der Waals surface area contributed by atoms with E-state index >= 15 is 0 Å². The lowest BCUT2D eigenvalue weighted by atomic mass is 9.65. The highest BCUT2D eigenvalue weighted by atomic mass is 16.5. The van der Waals surface area contributed by atoms with Crippen molar-refractivity contribution < 1.29 is 4.74 Å². The van der Waals surface area contributed by atoms with Gasteiger partial charge in [0, 0.05) is 22.4 Å². The number of hydrogen-bond acceptors (Lipinski definition) is 4. The first-order valence-electron chi connectivity index (χ1n) is 16.5. The van der Waals surface area contributed by atoms with E-state index in [0.717, 1.165) is 84.3 Å². The SMILES string of the molecule is Cc1nc(C)c(C)c(-c2cccc(-c3cccc(-c4ccc5c(c4)C4(c6ccccc6Oc6ccccc64)c4cc(C#N)ccc4-5)c3)c2)n1. The van der Waals surface area contributed by atoms with E-state index in [9.17, 15) is 5.26 Å². The molecule has 49 heavy (non-hydrogen) atoms. The molecule has 0 N–H and O–H groups in total. The van der Waals surface area contributed by atoms with Gasteiger partial charge in [-0.15, -0.1) is 0 Å². The van der Waals surface area contributed by atoms with Gasteiger partial charge in [0.1, 0.15) is 17.3 Å². The molecule has 4 nitrogen and oxygen atoms in total. The normalized spacial score (nSPS) is 13.1. The van der Waals surface area contributed by atoms with Gasteiger partial charge in [0.15, 0.2) is 0 Å². The molecule has 1 aromatic heterocycles. The van der Waals surface area contributed by atoms with E-state index in [2.05, 4.69) is 121 Å². The van der Waals surface area contributed by atoms with Gasteiger partial charge in [-0.25, -0.2) is 9.97 Å². The van der Waals surface area contributed by atoms with Crippen molar-refractivity contribution in [2.45, 2.75) is 26.2 Å². The van der Waals surface area contributed by atoms with Crippen LogP contribution in [-0.2, 0) is 5.41 Å². The van der Waals surface area contributed by atoms with E-state index in [0.29, 0.717) is 5.56 Å². The second-order valence-corrected chi connectivity index (χ2v) is 13.0. The Hall–Kier alpha value is -6.31. The van der Waals surface area contributed by atoms with Crippen LogP contribution in [0.2, 0.25) is 0 Å². The van der Waals surface area contributed by atoms with Gasteiger partial charge >= 0.3 is 0 Å². The molecule has 2 aliphatic rings. The number of aromatic nitrogens is 2. The highest BCUT2D eigenvalue weighted by molar-refractivity contribution is 5.91. The molecule has 7 aromatic rings. The van der Waals surface area contributed by atoms with Crippen molar-refractivity contribution in [3.8, 4) is 62.2 Å². The number of nitrogens with zero attached hydrogens (tertiary/aromatic N) is 3. The minimum absolute atomic E-state index is 0.642. The highest BCUT2D eigenvalue weighted by Crippen LogP contribution is 2.62. The van der Waals surface area contributed by atoms with E-state index < -0.39 is 5.41 Å². The predicted molar refractivity (Wildman–Crippen MR) is 195 cm³/mol. The predicted octanol–water partition coefficient (Wildman–Crippen LogP) is 10.7. The van der Waals surface area contributed by atoms with E-state index in [1.807, 2.05) is 44.2 Å². The summed E-state index contributed by atoms with van der Waals surface area (Å²) in [6.07, 6.45) is 0. The summed E-state index contributed by atoms with van der Waals surface area (Å²) < 4.78 is 6.52. The molecule has 1 spiro atoms. The largest absolute Gasteiger partial charge is 0.457 e. The molecular weight excluding hydrogens is 599 g/mol. The van der Waals surface area contributed by atoms with E-state index in [1.165, 1.54) is 11.1 Å². The minimum Gasteiger partial charge on any atom is -0.457 e. The maximum absolute atomic E-state index is 10.0. The van der Waals surface area contributed by atoms with E-state index in [4.69, 9.17) is 9.72 Å². The van der Waals surface area contributed by atoms with Crippen molar-refractivity contribution in [3.63, 3.8) is 0 Å². The number of rotatable bonds is 3. The molecule has 0 fully saturated rings. The molecule has 0 saturated heterocycles. The van der Waals surface area contributed by atoms with Gasteiger partial charge in [-0.2, -0.15) is 5.26 Å². The Morgan fingerprint density at radius 2 is 1.08 bits per heavy atom. The zero-order valence-electron chi connectivity index (χ0n) is 27.5. The van der Waals surface area contributed by atoms with Crippen LogP contribution >= 0.6 is 0 Å². The lowest BCUT2D eigenvalue weighted by Gasteiger charge is -2.39. The first kappa shape index (κ1) is 28.9. The molecule has 0 radical (unpaired) electrons. The Morgan fingerprint density at radius 3 is 1.73 bits per heavy atom. The molecular formula is C45H31N3O. The minimum atomic E-state index is -0.642. The summed E-state index contributed by atoms with van der Waals surface area (Å²) in [6.45, 7) is 6.08. The Bertz CT molecular complexity index is 2490. The third-order valence-corrected chi connectivity index (χ3v) is 10.2. The molecule has 1 aliphatic carbocycles. The molecule has 0 unspecified atom stereocenters. The van der Waals surface area contributed by atoms with Crippen molar-refractivity contribution in [2.24, 2.45) is 0 Å². The average molecular weight is 630 g/mol. The summed E-state index contributed by atoms with van der Waals surface area (Å²) >= 11 is 0. The van der Waals surface area contributed by atoms with E-state index in [-0.39, 0.29) is 0 Å².